The summed E-state index contributed by atoms with van der Waals surface area (Å²) in [5.74, 6) is 0. The van der Waals surface area contributed by atoms with Crippen molar-refractivity contribution in [2.24, 2.45) is 0 Å². The standard InChI is InChI=1S/C9H22NO3/c1-3-8-13-9-10(2,4-6-11)5-7-12/h11-12H,3-9H2,1-2H3/q+1. The molecule has 0 atom stereocenters. The minimum Gasteiger partial charge on any atom is -0.391 e. The first-order chi connectivity index (χ1) is 6.18. The molecule has 0 spiro atoms. The van der Waals surface area contributed by atoms with E-state index in [1.165, 1.54) is 0 Å². The monoisotopic (exact) mass is 192 g/mol. The van der Waals surface area contributed by atoms with Gasteiger partial charge in [-0.3, -0.25) is 4.48 Å². The summed E-state index contributed by atoms with van der Waals surface area (Å²) in [6.45, 7) is 4.88. The maximum absolute atomic E-state index is 8.83. The first kappa shape index (κ1) is 12.8. The highest BCUT2D eigenvalue weighted by Crippen LogP contribution is 2.01. The van der Waals surface area contributed by atoms with Gasteiger partial charge in [0.05, 0.1) is 26.9 Å². The molecule has 0 amide bonds. The molecule has 0 aromatic carbocycles. The first-order valence-electron chi connectivity index (χ1n) is 4.81. The Hall–Kier alpha value is -0.160. The predicted molar refractivity (Wildman–Crippen MR) is 51.2 cm³/mol. The molecule has 2 N–H and O–H groups in total. The van der Waals surface area contributed by atoms with Gasteiger partial charge in [0.2, 0.25) is 0 Å². The van der Waals surface area contributed by atoms with E-state index in [0.29, 0.717) is 24.3 Å². The molecule has 0 radical (unpaired) electrons. The zero-order chi connectivity index (χ0) is 10.2. The molecule has 0 aliphatic carbocycles. The van der Waals surface area contributed by atoms with Gasteiger partial charge in [0.25, 0.3) is 0 Å². The number of nitrogens with zero attached hydrogens (tertiary/aromatic N) is 1. The molecular formula is C9H22NO3+. The van der Waals surface area contributed by atoms with Crippen molar-refractivity contribution < 1.29 is 19.4 Å². The van der Waals surface area contributed by atoms with E-state index in [1.54, 1.807) is 0 Å². The molecule has 0 saturated carbocycles. The summed E-state index contributed by atoms with van der Waals surface area (Å²) >= 11 is 0. The van der Waals surface area contributed by atoms with Gasteiger partial charge in [-0.25, -0.2) is 0 Å². The fraction of sp³-hybridized carbons (Fsp3) is 1.00. The lowest BCUT2D eigenvalue weighted by Crippen LogP contribution is -2.49. The Bertz CT molecular complexity index is 113. The lowest BCUT2D eigenvalue weighted by atomic mass is 10.4. The summed E-state index contributed by atoms with van der Waals surface area (Å²) in [5.41, 5.74) is 0. The van der Waals surface area contributed by atoms with Crippen LogP contribution in [-0.4, -0.2) is 61.4 Å². The lowest BCUT2D eigenvalue weighted by molar-refractivity contribution is -0.928. The molecule has 80 valence electrons. The van der Waals surface area contributed by atoms with Crippen LogP contribution in [0, 0.1) is 0 Å². The Kier molecular flexibility index (Phi) is 7.17. The normalized spacial score (nSPS) is 12.0. The summed E-state index contributed by atoms with van der Waals surface area (Å²) < 4.78 is 5.98. The van der Waals surface area contributed by atoms with Crippen molar-refractivity contribution in [3.05, 3.63) is 0 Å². The summed E-state index contributed by atoms with van der Waals surface area (Å²) in [6, 6.07) is 0. The Balaban J connectivity index is 3.76. The minimum absolute atomic E-state index is 0.131. The van der Waals surface area contributed by atoms with Gasteiger partial charge in [-0.15, -0.1) is 0 Å². The van der Waals surface area contributed by atoms with Crippen LogP contribution in [0.2, 0.25) is 0 Å². The Labute approximate surface area is 80.3 Å². The molecule has 0 aromatic rings. The second kappa shape index (κ2) is 7.26. The summed E-state index contributed by atoms with van der Waals surface area (Å²) in [7, 11) is 1.97. The van der Waals surface area contributed by atoms with Crippen molar-refractivity contribution in [3.8, 4) is 0 Å². The van der Waals surface area contributed by atoms with Crippen molar-refractivity contribution in [1.82, 2.24) is 0 Å². The molecule has 0 bridgehead atoms. The molecule has 0 fully saturated rings. The van der Waals surface area contributed by atoms with E-state index in [2.05, 4.69) is 6.92 Å². The summed E-state index contributed by atoms with van der Waals surface area (Å²) in [6.07, 6.45) is 0.998. The molecule has 0 aromatic heterocycles. The van der Waals surface area contributed by atoms with Crippen LogP contribution in [0.25, 0.3) is 0 Å². The van der Waals surface area contributed by atoms with Crippen molar-refractivity contribution in [1.29, 1.82) is 0 Å². The van der Waals surface area contributed by atoms with E-state index in [9.17, 15) is 0 Å². The van der Waals surface area contributed by atoms with E-state index in [0.717, 1.165) is 13.0 Å². The van der Waals surface area contributed by atoms with Gasteiger partial charge >= 0.3 is 0 Å². The topological polar surface area (TPSA) is 49.7 Å². The van der Waals surface area contributed by atoms with Crippen LogP contribution < -0.4 is 0 Å². The number of hydrogen-bond acceptors (Lipinski definition) is 3. The van der Waals surface area contributed by atoms with Gasteiger partial charge in [0.1, 0.15) is 13.1 Å². The third kappa shape index (κ3) is 5.99. The fourth-order valence-corrected chi connectivity index (χ4v) is 1.15. The van der Waals surface area contributed by atoms with E-state index in [1.807, 2.05) is 7.05 Å². The highest BCUT2D eigenvalue weighted by Gasteiger charge is 2.19. The molecule has 0 unspecified atom stereocenters. The molecule has 0 aliphatic heterocycles. The number of ether oxygens (including phenoxy) is 1. The van der Waals surface area contributed by atoms with Crippen LogP contribution in [0.5, 0.6) is 0 Å². The molecule has 4 nitrogen and oxygen atoms in total. The van der Waals surface area contributed by atoms with E-state index >= 15 is 0 Å². The van der Waals surface area contributed by atoms with Crippen LogP contribution in [0.1, 0.15) is 13.3 Å². The van der Waals surface area contributed by atoms with Crippen molar-refractivity contribution >= 4 is 0 Å². The quantitative estimate of drug-likeness (QED) is 0.318. The third-order valence-corrected chi connectivity index (χ3v) is 2.03. The van der Waals surface area contributed by atoms with Crippen LogP contribution in [0.3, 0.4) is 0 Å². The second-order valence-electron chi connectivity index (χ2n) is 3.55. The van der Waals surface area contributed by atoms with Crippen molar-refractivity contribution in [3.63, 3.8) is 0 Å². The van der Waals surface area contributed by atoms with Gasteiger partial charge in [-0.2, -0.15) is 0 Å². The van der Waals surface area contributed by atoms with Gasteiger partial charge in [-0.05, 0) is 6.42 Å². The zero-order valence-electron chi connectivity index (χ0n) is 8.70. The predicted octanol–water partition coefficient (Wildman–Crippen LogP) is -0.198. The van der Waals surface area contributed by atoms with Crippen LogP contribution >= 0.6 is 0 Å². The van der Waals surface area contributed by atoms with Gasteiger partial charge in [0, 0.05) is 0 Å². The third-order valence-electron chi connectivity index (χ3n) is 2.03. The number of aliphatic hydroxyl groups excluding tert-OH is 2. The molecule has 4 heteroatoms. The Morgan fingerprint density at radius 1 is 1.15 bits per heavy atom. The Morgan fingerprint density at radius 2 is 1.69 bits per heavy atom. The van der Waals surface area contributed by atoms with E-state index < -0.39 is 0 Å². The molecule has 0 aliphatic rings. The van der Waals surface area contributed by atoms with E-state index in [4.69, 9.17) is 14.9 Å². The van der Waals surface area contributed by atoms with Crippen LogP contribution in [-0.2, 0) is 4.74 Å². The summed E-state index contributed by atoms with van der Waals surface area (Å²) in [5, 5.41) is 17.7. The number of aliphatic hydroxyl groups is 2. The fourth-order valence-electron chi connectivity index (χ4n) is 1.15. The van der Waals surface area contributed by atoms with Gasteiger partial charge in [-0.1, -0.05) is 6.92 Å². The highest BCUT2D eigenvalue weighted by atomic mass is 16.5. The first-order valence-corrected chi connectivity index (χ1v) is 4.81. The second-order valence-corrected chi connectivity index (χ2v) is 3.55. The number of hydrogen-bond donors (Lipinski definition) is 2. The van der Waals surface area contributed by atoms with Gasteiger partial charge < -0.3 is 14.9 Å². The molecule has 0 rings (SSSR count). The SMILES string of the molecule is CCCOC[N+](C)(CCO)CCO. The lowest BCUT2D eigenvalue weighted by Gasteiger charge is -2.32. The highest BCUT2D eigenvalue weighted by molar-refractivity contribution is 4.34. The molecular weight excluding hydrogens is 170 g/mol. The average molecular weight is 192 g/mol. The molecule has 0 heterocycles. The van der Waals surface area contributed by atoms with Crippen molar-refractivity contribution in [2.45, 2.75) is 13.3 Å². The summed E-state index contributed by atoms with van der Waals surface area (Å²) in [4.78, 5) is 0. The maximum Gasteiger partial charge on any atom is 0.183 e. The smallest absolute Gasteiger partial charge is 0.183 e. The largest absolute Gasteiger partial charge is 0.391 e. The van der Waals surface area contributed by atoms with Crippen LogP contribution in [0.4, 0.5) is 0 Å². The average Bonchev–Trinajstić information content (AvgIpc) is 2.05. The molecule has 13 heavy (non-hydrogen) atoms. The van der Waals surface area contributed by atoms with Gasteiger partial charge in [0.15, 0.2) is 6.73 Å². The zero-order valence-corrected chi connectivity index (χ0v) is 8.70. The van der Waals surface area contributed by atoms with Crippen LogP contribution in [0.15, 0.2) is 0 Å². The maximum atomic E-state index is 8.83. The minimum atomic E-state index is 0.131. The number of rotatable bonds is 8. The number of likely N-dealkylation sites (N-methyl/N-ethyl adjacent to an activating group) is 1. The number of quaternary nitrogens is 1. The van der Waals surface area contributed by atoms with Crippen molar-refractivity contribution in [2.75, 3.05) is 46.7 Å². The Morgan fingerprint density at radius 3 is 2.08 bits per heavy atom. The van der Waals surface area contributed by atoms with E-state index in [-0.39, 0.29) is 13.2 Å². The molecule has 0 saturated heterocycles.